The first-order valence-corrected chi connectivity index (χ1v) is 12.7. The highest BCUT2D eigenvalue weighted by molar-refractivity contribution is 5.83. The lowest BCUT2D eigenvalue weighted by Crippen LogP contribution is -2.56. The van der Waals surface area contributed by atoms with Gasteiger partial charge in [0.05, 0.1) is 18.1 Å². The van der Waals surface area contributed by atoms with Gasteiger partial charge >= 0.3 is 12.0 Å². The SMILES string of the molecule is C=C(C(NC(=O)NC(COC(=O)CC)C(C)(C)C)C1CCCCC1)N1C[C@@H]2C[C@@H]2C1C(C)=O. The molecule has 1 aliphatic heterocycles. The van der Waals surface area contributed by atoms with Gasteiger partial charge in [-0.05, 0) is 49.4 Å². The first kappa shape index (κ1) is 25.6. The Morgan fingerprint density at radius 2 is 1.79 bits per heavy atom. The van der Waals surface area contributed by atoms with Crippen molar-refractivity contribution in [1.29, 1.82) is 0 Å². The van der Waals surface area contributed by atoms with Gasteiger partial charge in [-0.2, -0.15) is 0 Å². The predicted octanol–water partition coefficient (Wildman–Crippen LogP) is 4.03. The fraction of sp³-hybridized carbons (Fsp3) is 0.808. The van der Waals surface area contributed by atoms with E-state index in [9.17, 15) is 14.4 Å². The summed E-state index contributed by atoms with van der Waals surface area (Å²) < 4.78 is 5.34. The smallest absolute Gasteiger partial charge is 0.315 e. The van der Waals surface area contributed by atoms with E-state index in [-0.39, 0.29) is 47.9 Å². The van der Waals surface area contributed by atoms with Crippen LogP contribution in [-0.4, -0.2) is 54.0 Å². The molecule has 5 atom stereocenters. The molecule has 2 saturated carbocycles. The van der Waals surface area contributed by atoms with E-state index in [1.165, 1.54) is 6.42 Å². The van der Waals surface area contributed by atoms with Gasteiger partial charge in [0.25, 0.3) is 0 Å². The van der Waals surface area contributed by atoms with Crippen LogP contribution in [0.4, 0.5) is 4.79 Å². The number of nitrogens with zero attached hydrogens (tertiary/aromatic N) is 1. The van der Waals surface area contributed by atoms with Crippen LogP contribution in [0.5, 0.6) is 0 Å². The Bertz CT molecular complexity index is 753. The number of esters is 1. The van der Waals surface area contributed by atoms with Crippen molar-refractivity contribution in [2.75, 3.05) is 13.2 Å². The van der Waals surface area contributed by atoms with Gasteiger partial charge in [0.1, 0.15) is 6.61 Å². The van der Waals surface area contributed by atoms with Crippen molar-refractivity contribution in [3.05, 3.63) is 12.3 Å². The molecule has 7 nitrogen and oxygen atoms in total. The van der Waals surface area contributed by atoms with E-state index >= 15 is 0 Å². The maximum absolute atomic E-state index is 13.2. The van der Waals surface area contributed by atoms with Gasteiger partial charge < -0.3 is 20.3 Å². The molecule has 1 saturated heterocycles. The molecule has 1 heterocycles. The van der Waals surface area contributed by atoms with Crippen LogP contribution in [0.15, 0.2) is 12.3 Å². The maximum atomic E-state index is 13.2. The molecule has 3 unspecified atom stereocenters. The van der Waals surface area contributed by atoms with E-state index in [0.29, 0.717) is 24.2 Å². The lowest BCUT2D eigenvalue weighted by Gasteiger charge is -2.39. The highest BCUT2D eigenvalue weighted by Gasteiger charge is 2.55. The molecule has 186 valence electrons. The molecule has 3 aliphatic rings. The summed E-state index contributed by atoms with van der Waals surface area (Å²) in [6, 6.07) is -0.904. The summed E-state index contributed by atoms with van der Waals surface area (Å²) in [4.78, 5) is 39.4. The Morgan fingerprint density at radius 1 is 1.12 bits per heavy atom. The quantitative estimate of drug-likeness (QED) is 0.506. The number of hydrogen-bond donors (Lipinski definition) is 2. The summed E-state index contributed by atoms with van der Waals surface area (Å²) in [7, 11) is 0. The number of piperidine rings is 1. The van der Waals surface area contributed by atoms with Gasteiger partial charge in [-0.25, -0.2) is 4.79 Å². The summed E-state index contributed by atoms with van der Waals surface area (Å²) in [5.74, 6) is 1.25. The molecule has 0 radical (unpaired) electrons. The third-order valence-corrected chi connectivity index (χ3v) is 7.75. The number of Topliss-reactive ketones (excluding diaryl/α,β-unsaturated/α-hetero) is 1. The zero-order valence-corrected chi connectivity index (χ0v) is 21.1. The lowest BCUT2D eigenvalue weighted by atomic mass is 9.82. The van der Waals surface area contributed by atoms with Crippen LogP contribution in [0.25, 0.3) is 0 Å². The van der Waals surface area contributed by atoms with E-state index in [1.54, 1.807) is 13.8 Å². The highest BCUT2D eigenvalue weighted by Crippen LogP contribution is 2.51. The van der Waals surface area contributed by atoms with Crippen molar-refractivity contribution >= 4 is 17.8 Å². The number of urea groups is 1. The molecule has 0 aromatic carbocycles. The topological polar surface area (TPSA) is 87.7 Å². The molecule has 0 bridgehead atoms. The van der Waals surface area contributed by atoms with Crippen molar-refractivity contribution < 1.29 is 19.1 Å². The molecular formula is C26H43N3O4. The zero-order chi connectivity index (χ0) is 24.3. The normalized spacial score (nSPS) is 26.7. The van der Waals surface area contributed by atoms with Gasteiger partial charge in [0, 0.05) is 18.7 Å². The van der Waals surface area contributed by atoms with Crippen LogP contribution in [0.3, 0.4) is 0 Å². The summed E-state index contributed by atoms with van der Waals surface area (Å²) in [6.45, 7) is 14.9. The van der Waals surface area contributed by atoms with Crippen molar-refractivity contribution in [3.63, 3.8) is 0 Å². The van der Waals surface area contributed by atoms with Crippen LogP contribution in [0.1, 0.15) is 79.6 Å². The minimum Gasteiger partial charge on any atom is -0.463 e. The third kappa shape index (κ3) is 6.30. The molecule has 33 heavy (non-hydrogen) atoms. The molecule has 2 aliphatic carbocycles. The van der Waals surface area contributed by atoms with Crippen LogP contribution in [-0.2, 0) is 14.3 Å². The fourth-order valence-corrected chi connectivity index (χ4v) is 5.53. The van der Waals surface area contributed by atoms with Gasteiger partial charge in [-0.15, -0.1) is 0 Å². The number of rotatable bonds is 9. The number of amides is 2. The molecular weight excluding hydrogens is 418 g/mol. The first-order chi connectivity index (χ1) is 15.5. The second-order valence-electron chi connectivity index (χ2n) is 11.3. The fourth-order valence-electron chi connectivity index (χ4n) is 5.53. The molecule has 3 fully saturated rings. The standard InChI is InChI=1S/C26H43N3O4/c1-7-22(31)33-15-21(26(4,5)6)27-25(32)28-23(18-11-9-8-10-12-18)16(2)29-14-19-13-20(19)24(29)17(3)30/h18-21,23-24H,2,7-15H2,1,3-6H3,(H2,27,28,32)/t19-,20-,21?,23?,24?/m0/s1. The van der Waals surface area contributed by atoms with Gasteiger partial charge in [0.2, 0.25) is 0 Å². The number of carbonyl (C=O) groups excluding carboxylic acids is 3. The zero-order valence-electron chi connectivity index (χ0n) is 21.1. The largest absolute Gasteiger partial charge is 0.463 e. The molecule has 0 spiro atoms. The highest BCUT2D eigenvalue weighted by atomic mass is 16.5. The minimum absolute atomic E-state index is 0.103. The summed E-state index contributed by atoms with van der Waals surface area (Å²) in [5, 5.41) is 6.26. The number of ketones is 1. The predicted molar refractivity (Wildman–Crippen MR) is 128 cm³/mol. The Balaban J connectivity index is 1.71. The molecule has 0 aromatic rings. The number of fused-ring (bicyclic) bond motifs is 1. The van der Waals surface area contributed by atoms with Crippen molar-refractivity contribution in [2.24, 2.45) is 23.2 Å². The number of carbonyl (C=O) groups is 3. The number of hydrogen-bond acceptors (Lipinski definition) is 5. The van der Waals surface area contributed by atoms with Crippen molar-refractivity contribution in [3.8, 4) is 0 Å². The van der Waals surface area contributed by atoms with Crippen LogP contribution >= 0.6 is 0 Å². The van der Waals surface area contributed by atoms with Gasteiger partial charge in [-0.3, -0.25) is 9.59 Å². The Kier molecular flexibility index (Phi) is 8.12. The summed E-state index contributed by atoms with van der Waals surface area (Å²) >= 11 is 0. The lowest BCUT2D eigenvalue weighted by molar-refractivity contribution is -0.144. The average Bonchev–Trinajstić information content (AvgIpc) is 3.42. The van der Waals surface area contributed by atoms with E-state index in [0.717, 1.165) is 44.3 Å². The van der Waals surface area contributed by atoms with Crippen LogP contribution in [0.2, 0.25) is 0 Å². The maximum Gasteiger partial charge on any atom is 0.315 e. The van der Waals surface area contributed by atoms with Crippen molar-refractivity contribution in [1.82, 2.24) is 15.5 Å². The van der Waals surface area contributed by atoms with Gasteiger partial charge in [0.15, 0.2) is 5.78 Å². The second kappa shape index (κ2) is 10.5. The molecule has 0 aromatic heterocycles. The molecule has 2 N–H and O–H groups in total. The molecule has 3 rings (SSSR count). The molecule has 7 heteroatoms. The summed E-state index contributed by atoms with van der Waals surface area (Å²) in [5.41, 5.74) is 0.590. The third-order valence-electron chi connectivity index (χ3n) is 7.75. The van der Waals surface area contributed by atoms with Crippen LogP contribution in [0, 0.1) is 23.2 Å². The molecule has 2 amide bonds. The van der Waals surface area contributed by atoms with E-state index < -0.39 is 0 Å². The van der Waals surface area contributed by atoms with Crippen LogP contribution < -0.4 is 10.6 Å². The monoisotopic (exact) mass is 461 g/mol. The Labute approximate surface area is 199 Å². The Hall–Kier alpha value is -2.05. The van der Waals surface area contributed by atoms with E-state index in [4.69, 9.17) is 4.74 Å². The van der Waals surface area contributed by atoms with Gasteiger partial charge in [-0.1, -0.05) is 53.5 Å². The number of nitrogens with one attached hydrogen (secondary N) is 2. The van der Waals surface area contributed by atoms with E-state index in [1.807, 2.05) is 20.8 Å². The second-order valence-corrected chi connectivity index (χ2v) is 11.3. The first-order valence-electron chi connectivity index (χ1n) is 12.7. The minimum atomic E-state index is -0.322. The summed E-state index contributed by atoms with van der Waals surface area (Å²) in [6.07, 6.45) is 7.05. The number of likely N-dealkylation sites (tertiary alicyclic amines) is 1. The van der Waals surface area contributed by atoms with E-state index in [2.05, 4.69) is 22.1 Å². The Morgan fingerprint density at radius 3 is 2.36 bits per heavy atom. The number of ether oxygens (including phenoxy) is 1. The average molecular weight is 462 g/mol. The van der Waals surface area contributed by atoms with Crippen molar-refractivity contribution in [2.45, 2.75) is 97.7 Å².